The third-order valence-corrected chi connectivity index (χ3v) is 3.50. The summed E-state index contributed by atoms with van der Waals surface area (Å²) in [6, 6.07) is 8.60. The molecule has 0 saturated carbocycles. The second-order valence-electron chi connectivity index (χ2n) is 3.28. The topological polar surface area (TPSA) is 86.2 Å². The maximum absolute atomic E-state index is 11.8. The zero-order chi connectivity index (χ0) is 14.3. The van der Waals surface area contributed by atoms with Crippen molar-refractivity contribution >= 4 is 19.4 Å². The minimum atomic E-state index is -3.55. The molecule has 1 rings (SSSR count). The molecular weight excluding hydrogens is 271 g/mol. The number of carbonyl (C=O) groups is 1. The van der Waals surface area contributed by atoms with Crippen LogP contribution < -0.4 is 5.20 Å². The lowest BCUT2D eigenvalue weighted by molar-refractivity contribution is -0.132. The summed E-state index contributed by atoms with van der Waals surface area (Å²) in [5.74, 6) is -0.669. The van der Waals surface area contributed by atoms with Crippen LogP contribution in [-0.4, -0.2) is 33.0 Å². The van der Waals surface area contributed by atoms with E-state index in [4.69, 9.17) is 0 Å². The zero-order valence-electron chi connectivity index (χ0n) is 10.8. The summed E-state index contributed by atoms with van der Waals surface area (Å²) in [4.78, 5) is 11.6. The van der Waals surface area contributed by atoms with E-state index in [1.165, 1.54) is 21.3 Å². The number of methoxy groups -OCH3 is 1. The minimum absolute atomic E-state index is 0.0302. The molecule has 1 N–H and O–H groups in total. The van der Waals surface area contributed by atoms with Crippen molar-refractivity contribution in [1.29, 1.82) is 0 Å². The van der Waals surface area contributed by atoms with Crippen LogP contribution in [-0.2, 0) is 23.1 Å². The quantitative estimate of drug-likeness (QED) is 0.369. The highest BCUT2D eigenvalue weighted by molar-refractivity contribution is 7.51. The highest BCUT2D eigenvalue weighted by Crippen LogP contribution is 2.41. The second kappa shape index (κ2) is 7.04. The van der Waals surface area contributed by atoms with Gasteiger partial charge in [0.25, 0.3) is 0 Å². The first kappa shape index (κ1) is 15.4. The van der Waals surface area contributed by atoms with Gasteiger partial charge in [0, 0.05) is 19.8 Å². The Labute approximate surface area is 111 Å². The van der Waals surface area contributed by atoms with Gasteiger partial charge in [-0.1, -0.05) is 30.3 Å². The number of ether oxygens (including phenoxy) is 1. The highest BCUT2D eigenvalue weighted by atomic mass is 31.2. The van der Waals surface area contributed by atoms with E-state index in [1.54, 1.807) is 30.3 Å². The Morgan fingerprint density at radius 3 is 2.21 bits per heavy atom. The Kier molecular flexibility index (Phi) is 5.69. The molecule has 1 aromatic carbocycles. The highest BCUT2D eigenvalue weighted by Gasteiger charge is 2.22. The number of carbonyl (C=O) groups excluding carboxylic acids is 1. The largest absolute Gasteiger partial charge is 0.464 e. The number of hydrogen-bond acceptors (Lipinski definition) is 6. The SMILES string of the molecule is COC(=O)/C(=N\NP(=O)(OC)OC)c1ccccc1. The number of rotatable bonds is 6. The molecule has 8 heteroatoms. The van der Waals surface area contributed by atoms with Crippen molar-refractivity contribution in [2.45, 2.75) is 0 Å². The van der Waals surface area contributed by atoms with E-state index in [0.717, 1.165) is 0 Å². The fourth-order valence-electron chi connectivity index (χ4n) is 1.19. The van der Waals surface area contributed by atoms with Gasteiger partial charge in [0.2, 0.25) is 0 Å². The van der Waals surface area contributed by atoms with Gasteiger partial charge in [-0.3, -0.25) is 9.05 Å². The molecule has 0 aliphatic carbocycles. The van der Waals surface area contributed by atoms with Crippen LogP contribution in [0.5, 0.6) is 0 Å². The van der Waals surface area contributed by atoms with E-state index in [1.807, 2.05) is 0 Å². The fraction of sp³-hybridized carbons (Fsp3) is 0.273. The number of hydrazone groups is 1. The van der Waals surface area contributed by atoms with Crippen molar-refractivity contribution in [3.05, 3.63) is 35.9 Å². The van der Waals surface area contributed by atoms with Crippen molar-refractivity contribution in [2.24, 2.45) is 5.10 Å². The molecule has 0 fully saturated rings. The predicted molar refractivity (Wildman–Crippen MR) is 69.8 cm³/mol. The van der Waals surface area contributed by atoms with E-state index in [9.17, 15) is 9.36 Å². The van der Waals surface area contributed by atoms with Crippen LogP contribution in [0.25, 0.3) is 0 Å². The first-order valence-electron chi connectivity index (χ1n) is 5.26. The molecule has 19 heavy (non-hydrogen) atoms. The van der Waals surface area contributed by atoms with Crippen molar-refractivity contribution in [1.82, 2.24) is 5.20 Å². The standard InChI is InChI=1S/C11H15N2O5P/c1-16-11(14)10(9-7-5-4-6-8-9)12-13-19(15,17-2)18-3/h4-8H,1-3H3,(H,13,15)/b12-10-. The smallest absolute Gasteiger partial charge is 0.447 e. The van der Waals surface area contributed by atoms with Crippen LogP contribution >= 0.6 is 7.75 Å². The first-order chi connectivity index (χ1) is 9.06. The summed E-state index contributed by atoms with van der Waals surface area (Å²) >= 11 is 0. The lowest BCUT2D eigenvalue weighted by Crippen LogP contribution is -2.21. The molecule has 0 aliphatic heterocycles. The summed E-state index contributed by atoms with van der Waals surface area (Å²) < 4.78 is 25.7. The lowest BCUT2D eigenvalue weighted by atomic mass is 10.1. The Balaban J connectivity index is 3.06. The minimum Gasteiger partial charge on any atom is -0.464 e. The third kappa shape index (κ3) is 4.17. The molecular formula is C11H15N2O5P. The molecule has 0 aromatic heterocycles. The summed E-state index contributed by atoms with van der Waals surface area (Å²) in [5, 5.41) is 5.97. The van der Waals surface area contributed by atoms with Gasteiger partial charge in [-0.25, -0.2) is 14.6 Å². The molecule has 0 saturated heterocycles. The summed E-state index contributed by atoms with van der Waals surface area (Å²) in [7, 11) is 0.0813. The Morgan fingerprint density at radius 2 is 1.74 bits per heavy atom. The number of nitrogens with one attached hydrogen (secondary N) is 1. The van der Waals surface area contributed by atoms with E-state index >= 15 is 0 Å². The van der Waals surface area contributed by atoms with Gasteiger partial charge in [-0.05, 0) is 0 Å². The Bertz CT molecular complexity index is 495. The van der Waals surface area contributed by atoms with Gasteiger partial charge in [-0.2, -0.15) is 5.10 Å². The van der Waals surface area contributed by atoms with Gasteiger partial charge in [0.1, 0.15) is 0 Å². The molecule has 0 atom stereocenters. The van der Waals surface area contributed by atoms with Crippen LogP contribution in [0.2, 0.25) is 0 Å². The van der Waals surface area contributed by atoms with Crippen molar-refractivity contribution in [2.75, 3.05) is 21.3 Å². The molecule has 0 bridgehead atoms. The van der Waals surface area contributed by atoms with Gasteiger partial charge in [0.05, 0.1) is 7.11 Å². The Hall–Kier alpha value is -1.69. The molecule has 0 amide bonds. The van der Waals surface area contributed by atoms with Crippen LogP contribution in [0.4, 0.5) is 0 Å². The predicted octanol–water partition coefficient (Wildman–Crippen LogP) is 1.55. The van der Waals surface area contributed by atoms with Gasteiger partial charge in [-0.15, -0.1) is 0 Å². The average Bonchev–Trinajstić information content (AvgIpc) is 2.48. The van der Waals surface area contributed by atoms with Crippen LogP contribution in [0.15, 0.2) is 35.4 Å². The molecule has 104 valence electrons. The number of esters is 1. The molecule has 1 aromatic rings. The summed E-state index contributed by atoms with van der Waals surface area (Å²) in [6.45, 7) is 0. The fourth-order valence-corrected chi connectivity index (χ4v) is 1.72. The zero-order valence-corrected chi connectivity index (χ0v) is 11.7. The van der Waals surface area contributed by atoms with E-state index in [0.29, 0.717) is 5.56 Å². The molecule has 0 spiro atoms. The third-order valence-electron chi connectivity index (χ3n) is 2.19. The van der Waals surface area contributed by atoms with E-state index in [2.05, 4.69) is 24.1 Å². The summed E-state index contributed by atoms with van der Waals surface area (Å²) in [6.07, 6.45) is 0. The van der Waals surface area contributed by atoms with Gasteiger partial charge < -0.3 is 4.74 Å². The van der Waals surface area contributed by atoms with E-state index in [-0.39, 0.29) is 5.71 Å². The van der Waals surface area contributed by atoms with Crippen molar-refractivity contribution < 1.29 is 23.1 Å². The molecule has 7 nitrogen and oxygen atoms in total. The summed E-state index contributed by atoms with van der Waals surface area (Å²) in [5.41, 5.74) is 0.484. The second-order valence-corrected chi connectivity index (χ2v) is 5.21. The number of benzene rings is 1. The van der Waals surface area contributed by atoms with Gasteiger partial charge in [0.15, 0.2) is 5.71 Å². The van der Waals surface area contributed by atoms with E-state index < -0.39 is 13.7 Å². The van der Waals surface area contributed by atoms with Crippen molar-refractivity contribution in [3.8, 4) is 0 Å². The van der Waals surface area contributed by atoms with Crippen LogP contribution in [0, 0.1) is 0 Å². The van der Waals surface area contributed by atoms with Crippen molar-refractivity contribution in [3.63, 3.8) is 0 Å². The van der Waals surface area contributed by atoms with Crippen LogP contribution in [0.1, 0.15) is 5.56 Å². The number of nitrogens with zero attached hydrogens (tertiary/aromatic N) is 1. The molecule has 0 aliphatic rings. The maximum Gasteiger partial charge on any atom is 0.447 e. The molecule has 0 radical (unpaired) electrons. The first-order valence-corrected chi connectivity index (χ1v) is 6.80. The average molecular weight is 286 g/mol. The number of hydrogen-bond donors (Lipinski definition) is 1. The molecule has 0 heterocycles. The normalized spacial score (nSPS) is 12.1. The maximum atomic E-state index is 11.8. The monoisotopic (exact) mass is 286 g/mol. The lowest BCUT2D eigenvalue weighted by Gasteiger charge is -2.13. The van der Waals surface area contributed by atoms with Crippen LogP contribution in [0.3, 0.4) is 0 Å². The Morgan fingerprint density at radius 1 is 1.16 bits per heavy atom. The molecule has 0 unspecified atom stereocenters. The van der Waals surface area contributed by atoms with Gasteiger partial charge >= 0.3 is 13.7 Å².